The Hall–Kier alpha value is -1.10. The molecule has 0 fully saturated rings. The van der Waals surface area contributed by atoms with E-state index in [-0.39, 0.29) is 11.8 Å². The quantitative estimate of drug-likeness (QED) is 0.588. The summed E-state index contributed by atoms with van der Waals surface area (Å²) in [6, 6.07) is -0.549. The zero-order valence-electron chi connectivity index (χ0n) is 7.75. The standard InChI is InChI=1S/C7H14N2O3/c1-5(8-6(2)10)7(11)9(3)12-4/h5H,1-4H3,(H,8,10). The van der Waals surface area contributed by atoms with Crippen LogP contribution in [0.4, 0.5) is 0 Å². The molecule has 12 heavy (non-hydrogen) atoms. The molecule has 1 unspecified atom stereocenters. The average Bonchev–Trinajstić information content (AvgIpc) is 2.00. The first-order valence-electron chi connectivity index (χ1n) is 3.57. The van der Waals surface area contributed by atoms with Crippen LogP contribution >= 0.6 is 0 Å². The monoisotopic (exact) mass is 174 g/mol. The van der Waals surface area contributed by atoms with Crippen molar-refractivity contribution in [1.29, 1.82) is 0 Å². The van der Waals surface area contributed by atoms with E-state index in [1.54, 1.807) is 6.92 Å². The maximum atomic E-state index is 11.2. The minimum Gasteiger partial charge on any atom is -0.345 e. The lowest BCUT2D eigenvalue weighted by Crippen LogP contribution is -2.44. The zero-order valence-corrected chi connectivity index (χ0v) is 7.75. The SMILES string of the molecule is CON(C)C(=O)C(C)NC(C)=O. The summed E-state index contributed by atoms with van der Waals surface area (Å²) in [5.41, 5.74) is 0. The van der Waals surface area contributed by atoms with Gasteiger partial charge in [0.25, 0.3) is 5.91 Å². The Balaban J connectivity index is 4.01. The van der Waals surface area contributed by atoms with Crippen molar-refractivity contribution in [2.24, 2.45) is 0 Å². The van der Waals surface area contributed by atoms with Gasteiger partial charge in [0.2, 0.25) is 5.91 Å². The summed E-state index contributed by atoms with van der Waals surface area (Å²) in [6.45, 7) is 2.95. The smallest absolute Gasteiger partial charge is 0.268 e. The third-order valence-electron chi connectivity index (χ3n) is 1.37. The Bertz CT molecular complexity index is 181. The van der Waals surface area contributed by atoms with Crippen molar-refractivity contribution in [1.82, 2.24) is 10.4 Å². The van der Waals surface area contributed by atoms with Crippen molar-refractivity contribution >= 4 is 11.8 Å². The largest absolute Gasteiger partial charge is 0.345 e. The van der Waals surface area contributed by atoms with Gasteiger partial charge in [0.1, 0.15) is 6.04 Å². The third kappa shape index (κ3) is 3.34. The summed E-state index contributed by atoms with van der Waals surface area (Å²) >= 11 is 0. The minimum atomic E-state index is -0.549. The summed E-state index contributed by atoms with van der Waals surface area (Å²) in [6.07, 6.45) is 0. The molecule has 0 aliphatic carbocycles. The molecule has 0 aliphatic rings. The zero-order chi connectivity index (χ0) is 9.72. The van der Waals surface area contributed by atoms with E-state index < -0.39 is 6.04 Å². The first kappa shape index (κ1) is 10.9. The second kappa shape index (κ2) is 4.71. The van der Waals surface area contributed by atoms with Gasteiger partial charge in [-0.3, -0.25) is 14.4 Å². The van der Waals surface area contributed by atoms with Crippen molar-refractivity contribution in [2.45, 2.75) is 19.9 Å². The molecule has 0 saturated carbocycles. The maximum absolute atomic E-state index is 11.2. The second-order valence-electron chi connectivity index (χ2n) is 2.44. The van der Waals surface area contributed by atoms with Crippen molar-refractivity contribution in [3.05, 3.63) is 0 Å². The van der Waals surface area contributed by atoms with Gasteiger partial charge in [-0.25, -0.2) is 5.06 Å². The van der Waals surface area contributed by atoms with Crippen molar-refractivity contribution in [3.63, 3.8) is 0 Å². The molecule has 0 spiro atoms. The molecule has 5 nitrogen and oxygen atoms in total. The first-order chi connectivity index (χ1) is 5.49. The summed E-state index contributed by atoms with van der Waals surface area (Å²) in [7, 11) is 2.87. The van der Waals surface area contributed by atoms with E-state index in [2.05, 4.69) is 10.2 Å². The van der Waals surface area contributed by atoms with Crippen LogP contribution in [0.15, 0.2) is 0 Å². The van der Waals surface area contributed by atoms with Gasteiger partial charge in [-0.2, -0.15) is 0 Å². The number of hydroxylamine groups is 2. The number of carbonyl (C=O) groups is 2. The number of hydrogen-bond donors (Lipinski definition) is 1. The predicted octanol–water partition coefficient (Wildman–Crippen LogP) is -0.469. The van der Waals surface area contributed by atoms with Gasteiger partial charge in [-0.1, -0.05) is 0 Å². The number of amides is 2. The van der Waals surface area contributed by atoms with Crippen molar-refractivity contribution in [2.75, 3.05) is 14.2 Å². The van der Waals surface area contributed by atoms with E-state index in [4.69, 9.17) is 0 Å². The molecule has 0 aromatic rings. The van der Waals surface area contributed by atoms with E-state index in [0.717, 1.165) is 5.06 Å². The molecule has 0 bridgehead atoms. The summed E-state index contributed by atoms with van der Waals surface area (Å²) in [5.74, 6) is -0.520. The van der Waals surface area contributed by atoms with E-state index in [1.165, 1.54) is 21.1 Å². The molecule has 70 valence electrons. The van der Waals surface area contributed by atoms with E-state index in [9.17, 15) is 9.59 Å². The number of hydrogen-bond acceptors (Lipinski definition) is 3. The molecule has 0 rings (SSSR count). The summed E-state index contributed by atoms with van der Waals surface area (Å²) in [5, 5.41) is 3.52. The fourth-order valence-electron chi connectivity index (χ4n) is 0.729. The molecule has 1 N–H and O–H groups in total. The van der Waals surface area contributed by atoms with Crippen LogP contribution in [0.1, 0.15) is 13.8 Å². The highest BCUT2D eigenvalue weighted by atomic mass is 16.7. The Kier molecular flexibility index (Phi) is 4.28. The topological polar surface area (TPSA) is 58.6 Å². The number of likely N-dealkylation sites (N-methyl/N-ethyl adjacent to an activating group) is 1. The number of carbonyl (C=O) groups excluding carboxylic acids is 2. The van der Waals surface area contributed by atoms with Crippen LogP contribution in [0.5, 0.6) is 0 Å². The van der Waals surface area contributed by atoms with Gasteiger partial charge < -0.3 is 5.32 Å². The van der Waals surface area contributed by atoms with Gasteiger partial charge in [0, 0.05) is 14.0 Å². The van der Waals surface area contributed by atoms with Crippen LogP contribution in [0.25, 0.3) is 0 Å². The van der Waals surface area contributed by atoms with Crippen LogP contribution in [0.2, 0.25) is 0 Å². The highest BCUT2D eigenvalue weighted by Crippen LogP contribution is 1.90. The Morgan fingerprint density at radius 1 is 1.50 bits per heavy atom. The Labute approximate surface area is 71.6 Å². The van der Waals surface area contributed by atoms with Crippen molar-refractivity contribution < 1.29 is 14.4 Å². The van der Waals surface area contributed by atoms with Crippen molar-refractivity contribution in [3.8, 4) is 0 Å². The highest BCUT2D eigenvalue weighted by molar-refractivity contribution is 5.85. The van der Waals surface area contributed by atoms with Crippen LogP contribution in [0.3, 0.4) is 0 Å². The molecule has 0 aliphatic heterocycles. The van der Waals surface area contributed by atoms with E-state index in [0.29, 0.717) is 0 Å². The number of rotatable bonds is 3. The molecule has 0 heterocycles. The lowest BCUT2D eigenvalue weighted by molar-refractivity contribution is -0.171. The lowest BCUT2D eigenvalue weighted by Gasteiger charge is -2.18. The molecule has 0 aromatic carbocycles. The summed E-state index contributed by atoms with van der Waals surface area (Å²) < 4.78 is 0. The molecular weight excluding hydrogens is 160 g/mol. The average molecular weight is 174 g/mol. The summed E-state index contributed by atoms with van der Waals surface area (Å²) in [4.78, 5) is 26.4. The van der Waals surface area contributed by atoms with Gasteiger partial charge in [-0.15, -0.1) is 0 Å². The predicted molar refractivity (Wildman–Crippen MR) is 43.1 cm³/mol. The highest BCUT2D eigenvalue weighted by Gasteiger charge is 2.17. The van der Waals surface area contributed by atoms with Gasteiger partial charge in [0.05, 0.1) is 7.11 Å². The second-order valence-corrected chi connectivity index (χ2v) is 2.44. The van der Waals surface area contributed by atoms with E-state index >= 15 is 0 Å². The number of nitrogens with one attached hydrogen (secondary N) is 1. The van der Waals surface area contributed by atoms with Crippen LogP contribution in [-0.4, -0.2) is 37.1 Å². The fourth-order valence-corrected chi connectivity index (χ4v) is 0.729. The van der Waals surface area contributed by atoms with Crippen LogP contribution < -0.4 is 5.32 Å². The molecule has 0 aromatic heterocycles. The first-order valence-corrected chi connectivity index (χ1v) is 3.57. The lowest BCUT2D eigenvalue weighted by atomic mass is 10.3. The van der Waals surface area contributed by atoms with Gasteiger partial charge in [-0.05, 0) is 6.92 Å². The van der Waals surface area contributed by atoms with E-state index in [1.807, 2.05) is 0 Å². The molecule has 1 atom stereocenters. The Morgan fingerprint density at radius 2 is 2.00 bits per heavy atom. The van der Waals surface area contributed by atoms with Crippen LogP contribution in [0, 0.1) is 0 Å². The number of nitrogens with zero attached hydrogens (tertiary/aromatic N) is 1. The minimum absolute atomic E-state index is 0.236. The van der Waals surface area contributed by atoms with Gasteiger partial charge in [0.15, 0.2) is 0 Å². The Morgan fingerprint density at radius 3 is 2.33 bits per heavy atom. The van der Waals surface area contributed by atoms with Gasteiger partial charge >= 0.3 is 0 Å². The molecular formula is C7H14N2O3. The maximum Gasteiger partial charge on any atom is 0.268 e. The molecule has 0 saturated heterocycles. The molecule has 2 amide bonds. The normalized spacial score (nSPS) is 12.0. The van der Waals surface area contributed by atoms with Crippen LogP contribution in [-0.2, 0) is 14.4 Å². The third-order valence-corrected chi connectivity index (χ3v) is 1.37. The fraction of sp³-hybridized carbons (Fsp3) is 0.714. The molecule has 5 heteroatoms. The molecule has 0 radical (unpaired) electrons.